The lowest BCUT2D eigenvalue weighted by Crippen LogP contribution is -2.30. The Labute approximate surface area is 672 Å². The molecule has 23 heterocycles. The van der Waals surface area contributed by atoms with Crippen LogP contribution in [-0.2, 0) is 49.4 Å². The van der Waals surface area contributed by atoms with Crippen LogP contribution in [0, 0.1) is 0 Å². The van der Waals surface area contributed by atoms with Gasteiger partial charge in [-0.3, -0.25) is 29.9 Å². The van der Waals surface area contributed by atoms with Crippen molar-refractivity contribution in [1.82, 2.24) is 29.9 Å². The Morgan fingerprint density at radius 2 is 0.368 bits per heavy atom. The molecule has 31 rings (SSSR count). The van der Waals surface area contributed by atoms with Crippen molar-refractivity contribution in [2.24, 2.45) is 0 Å². The van der Waals surface area contributed by atoms with Crippen LogP contribution in [0.1, 0.15) is 158 Å². The summed E-state index contributed by atoms with van der Waals surface area (Å²) in [5, 5.41) is 0. The molecule has 0 amide bonds. The van der Waals surface area contributed by atoms with Crippen LogP contribution >= 0.6 is 0 Å². The molecule has 582 valence electrons. The lowest BCUT2D eigenvalue weighted by Gasteiger charge is -2.38. The van der Waals surface area contributed by atoms with Gasteiger partial charge in [0.25, 0.3) is 0 Å². The molecule has 6 aromatic carbocycles. The van der Waals surface area contributed by atoms with Crippen LogP contribution in [0.4, 0.5) is 0 Å². The predicted molar refractivity (Wildman–Crippen MR) is 452 cm³/mol. The van der Waals surface area contributed by atoms with Crippen molar-refractivity contribution in [2.45, 2.75) is 152 Å². The molecule has 2 spiro atoms. The van der Waals surface area contributed by atoms with Crippen molar-refractivity contribution >= 4 is 0 Å². The van der Waals surface area contributed by atoms with E-state index in [1.807, 2.05) is 97.9 Å². The highest BCUT2D eigenvalue weighted by Crippen LogP contribution is 2.47. The van der Waals surface area contributed by atoms with Crippen molar-refractivity contribution in [3.05, 3.63) is 323 Å². The molecule has 0 radical (unpaired) electrons. The first-order valence-corrected chi connectivity index (χ1v) is 41.4. The first kappa shape index (κ1) is 77.7. The van der Waals surface area contributed by atoms with Crippen LogP contribution in [-0.4, -0.2) is 82.8 Å². The molecule has 0 saturated heterocycles. The second-order valence-electron chi connectivity index (χ2n) is 30.4. The predicted octanol–water partition coefficient (Wildman–Crippen LogP) is 22.0. The summed E-state index contributed by atoms with van der Waals surface area (Å²) < 4.78 is 49.3. The maximum absolute atomic E-state index is 6.33. The number of ether oxygens (including phenoxy) is 8. The van der Waals surface area contributed by atoms with Gasteiger partial charge in [-0.1, -0.05) is 123 Å². The van der Waals surface area contributed by atoms with E-state index in [-0.39, 0.29) is 10.8 Å². The molecule has 12 aromatic rings. The number of hydrogen-bond acceptors (Lipinski definition) is 14. The van der Waals surface area contributed by atoms with Gasteiger partial charge in [0.15, 0.2) is 0 Å². The summed E-state index contributed by atoms with van der Waals surface area (Å²) >= 11 is 0. The van der Waals surface area contributed by atoms with Crippen molar-refractivity contribution in [3.8, 4) is 80.2 Å². The van der Waals surface area contributed by atoms with Crippen molar-refractivity contribution in [3.63, 3.8) is 0 Å². The zero-order chi connectivity index (χ0) is 77.1. The quantitative estimate of drug-likeness (QED) is 0.132. The maximum atomic E-state index is 6.33. The third-order valence-corrected chi connectivity index (χ3v) is 22.6. The molecule has 19 aliphatic rings. The lowest BCUT2D eigenvalue weighted by atomic mass is 9.65. The second-order valence-corrected chi connectivity index (χ2v) is 30.4. The monoisotopic (exact) mass is 1520 g/mol. The fourth-order valence-electron chi connectivity index (χ4n) is 16.1. The standard InChI is InChI=1S/C100H104N6O8/c1-3-57-99(58-4-1)81-27-35-85(36-28-81)109-63-9-15-75-21-51-93(101-69-75)94-52-22-76(70-102-94)16-10-64-110-86-37-29-82(30-38-86)100(59-5-2-6-60-100)84-33-41-88(42-34-84)112-66-12-18-78-24-54-96(104-72-78)98-56-26-80(74-106-98)20-14-68-114-92-49-45-90(46-50-92)108-62-8-7-61-107-89-43-47-91(48-44-89)113-67-13-19-79-25-55-97(105-73-79)95-53-23-77(71-103-95)17-11-65-111-87-39-31-83(99)32-40-87/h7-8,21-56,69-74H,1-6,9-20,57-68H2. The number of pyridine rings is 6. The van der Waals surface area contributed by atoms with E-state index in [2.05, 4.69) is 170 Å². The van der Waals surface area contributed by atoms with Gasteiger partial charge in [-0.15, -0.1) is 0 Å². The van der Waals surface area contributed by atoms with Gasteiger partial charge in [0, 0.05) is 48.0 Å². The average molecular weight is 1520 g/mol. The number of aryl methyl sites for hydroxylation is 6. The number of aromatic nitrogens is 6. The Kier molecular flexibility index (Phi) is 27.0. The zero-order valence-corrected chi connectivity index (χ0v) is 65.6. The van der Waals surface area contributed by atoms with E-state index in [1.165, 1.54) is 83.0 Å². The van der Waals surface area contributed by atoms with E-state index in [4.69, 9.17) is 67.8 Å². The lowest BCUT2D eigenvalue weighted by molar-refractivity contribution is 0.308. The minimum Gasteiger partial charge on any atom is -0.494 e. The maximum Gasteiger partial charge on any atom is 0.120 e. The zero-order valence-electron chi connectivity index (χ0n) is 65.6. The Balaban J connectivity index is 0.527. The highest BCUT2D eigenvalue weighted by molar-refractivity contribution is 5.57. The van der Waals surface area contributed by atoms with Crippen LogP contribution in [0.25, 0.3) is 34.2 Å². The van der Waals surface area contributed by atoms with Crippen molar-refractivity contribution < 1.29 is 37.9 Å². The normalized spacial score (nSPS) is 16.6. The van der Waals surface area contributed by atoms with Gasteiger partial charge < -0.3 is 37.9 Å². The van der Waals surface area contributed by atoms with Crippen LogP contribution in [0.3, 0.4) is 0 Å². The molecule has 14 heteroatoms. The van der Waals surface area contributed by atoms with Gasteiger partial charge in [0.05, 0.1) is 73.8 Å². The number of rotatable bonds is 0. The number of hydrogen-bond donors (Lipinski definition) is 0. The van der Waals surface area contributed by atoms with Crippen molar-refractivity contribution in [2.75, 3.05) is 52.9 Å². The molecule has 0 unspecified atom stereocenters. The van der Waals surface area contributed by atoms with Gasteiger partial charge in [0.2, 0.25) is 0 Å². The first-order valence-electron chi connectivity index (χ1n) is 41.4. The summed E-state index contributed by atoms with van der Waals surface area (Å²) in [7, 11) is 0. The third-order valence-electron chi connectivity index (χ3n) is 22.6. The average Bonchev–Trinajstić information content (AvgIpc) is 0.774. The summed E-state index contributed by atoms with van der Waals surface area (Å²) in [6.07, 6.45) is 38.1. The van der Waals surface area contributed by atoms with Crippen LogP contribution in [0.15, 0.2) is 268 Å². The van der Waals surface area contributed by atoms with Gasteiger partial charge in [0.1, 0.15) is 59.2 Å². The van der Waals surface area contributed by atoms with Crippen molar-refractivity contribution in [1.29, 1.82) is 0 Å². The van der Waals surface area contributed by atoms with E-state index in [0.717, 1.165) is 194 Å². The third kappa shape index (κ3) is 21.4. The first-order chi connectivity index (χ1) is 56.4. The molecule has 0 atom stereocenters. The largest absolute Gasteiger partial charge is 0.494 e. The van der Waals surface area contributed by atoms with E-state index < -0.39 is 0 Å². The minimum atomic E-state index is -0.0298. The fourth-order valence-corrected chi connectivity index (χ4v) is 16.1. The minimum absolute atomic E-state index is 0.0298. The molecule has 2 aliphatic carbocycles. The summed E-state index contributed by atoms with van der Waals surface area (Å²) in [4.78, 5) is 28.7. The fraction of sp³-hybridized carbons (Fsp3) is 0.320. The molecule has 6 aromatic heterocycles. The number of nitrogens with zero attached hydrogens (tertiary/aromatic N) is 6. The molecule has 14 nitrogen and oxygen atoms in total. The molecule has 114 heavy (non-hydrogen) atoms. The molecule has 2 fully saturated rings. The Hall–Kier alpha value is -11.6. The van der Waals surface area contributed by atoms with Gasteiger partial charge >= 0.3 is 0 Å². The molecular formula is C100H104N6O8. The van der Waals surface area contributed by atoms with Crippen LogP contribution < -0.4 is 37.9 Å². The highest BCUT2D eigenvalue weighted by atomic mass is 16.5. The van der Waals surface area contributed by atoms with Gasteiger partial charge in [-0.2, -0.15) is 0 Å². The molecule has 2 saturated carbocycles. The summed E-state index contributed by atoms with van der Waals surface area (Å²) in [5.41, 5.74) is 17.6. The van der Waals surface area contributed by atoms with Gasteiger partial charge in [-0.05, 0) is 304 Å². The van der Waals surface area contributed by atoms with Crippen LogP contribution in [0.5, 0.6) is 46.0 Å². The topological polar surface area (TPSA) is 151 Å². The summed E-state index contributed by atoms with van der Waals surface area (Å²) in [6, 6.07) is 76.4. The molecule has 17 aliphatic heterocycles. The Bertz CT molecular complexity index is 4590. The second kappa shape index (κ2) is 39.7. The van der Waals surface area contributed by atoms with E-state index in [9.17, 15) is 0 Å². The summed E-state index contributed by atoms with van der Waals surface area (Å²) in [6.45, 7) is 4.56. The molecule has 0 N–H and O–H groups in total. The van der Waals surface area contributed by atoms with E-state index in [0.29, 0.717) is 52.9 Å². The Morgan fingerprint density at radius 1 is 0.184 bits per heavy atom. The smallest absolute Gasteiger partial charge is 0.120 e. The number of benzene rings is 6. The SMILES string of the molecule is C1=CCOc2ccc(cc2)OCCCc2ccc(nc2)-c2ccc(cn2)CCCOc2ccc(cc2)C2(CCCCC2)c2ccc(cc2)OCCCc2ccc(nc2)-c2ccc(cn2)CCCOc2ccc(cc2)C2(CCCCC2)c2ccc(cc2)OCCCc2ccc(nc2)-c2ccc(cn2)CCCOc2ccc(cc2)OC1. The van der Waals surface area contributed by atoms with Crippen LogP contribution in [0.2, 0.25) is 0 Å². The summed E-state index contributed by atoms with van der Waals surface area (Å²) in [5.74, 6) is 6.77. The van der Waals surface area contributed by atoms with Gasteiger partial charge in [-0.25, -0.2) is 0 Å². The molecule has 24 bridgehead atoms. The van der Waals surface area contributed by atoms with E-state index in [1.54, 1.807) is 0 Å². The number of fused-ring (bicyclic) bond motifs is 6. The van der Waals surface area contributed by atoms with E-state index >= 15 is 0 Å². The molecular weight excluding hydrogens is 1410 g/mol. The highest BCUT2D eigenvalue weighted by Gasteiger charge is 2.37. The Morgan fingerprint density at radius 3 is 0.553 bits per heavy atom.